The van der Waals surface area contributed by atoms with Gasteiger partial charge in [0.1, 0.15) is 10.8 Å². The maximum Gasteiger partial charge on any atom is 0.341 e. The van der Waals surface area contributed by atoms with Crippen molar-refractivity contribution in [2.24, 2.45) is 5.92 Å². The van der Waals surface area contributed by atoms with Crippen LogP contribution in [0.1, 0.15) is 39.7 Å². The number of ether oxygens (including phenoxy) is 1. The van der Waals surface area contributed by atoms with Crippen LogP contribution in [-0.2, 0) is 28.1 Å². The number of carbonyl (C=O) groups is 2. The van der Waals surface area contributed by atoms with E-state index in [0.29, 0.717) is 22.2 Å². The summed E-state index contributed by atoms with van der Waals surface area (Å²) in [5.41, 5.74) is 7.71. The standard InChI is InChI=1S/C21H24FN3O3S3/c1-12-3-8-15-16(9-12)31-19(18(15)20(27)28-2)23-21(29)25-24-17(26)11-30-10-13-4-6-14(22)7-5-13/h4-7,12H,3,8-11H2,1-2H3,(H,24,26)(H2,23,25,29). The summed E-state index contributed by atoms with van der Waals surface area (Å²) < 4.78 is 17.9. The molecule has 0 radical (unpaired) electrons. The Kier molecular flexibility index (Phi) is 8.28. The largest absolute Gasteiger partial charge is 0.465 e. The van der Waals surface area contributed by atoms with E-state index in [9.17, 15) is 14.0 Å². The van der Waals surface area contributed by atoms with E-state index in [1.165, 1.54) is 47.2 Å². The van der Waals surface area contributed by atoms with Gasteiger partial charge in [-0.1, -0.05) is 19.1 Å². The molecule has 1 aromatic carbocycles. The van der Waals surface area contributed by atoms with Gasteiger partial charge in [-0.3, -0.25) is 15.6 Å². The number of halogens is 1. The molecule has 2 aromatic rings. The summed E-state index contributed by atoms with van der Waals surface area (Å²) >= 11 is 8.19. The van der Waals surface area contributed by atoms with Gasteiger partial charge in [0.05, 0.1) is 18.4 Å². The number of methoxy groups -OCH3 is 1. The molecule has 1 amide bonds. The van der Waals surface area contributed by atoms with E-state index < -0.39 is 5.97 Å². The highest BCUT2D eigenvalue weighted by atomic mass is 32.2. The second kappa shape index (κ2) is 10.9. The number of thioether (sulfide) groups is 1. The molecule has 0 saturated heterocycles. The number of nitrogens with one attached hydrogen (secondary N) is 3. The fourth-order valence-electron chi connectivity index (χ4n) is 3.30. The second-order valence-electron chi connectivity index (χ2n) is 7.29. The Morgan fingerprint density at radius 1 is 1.29 bits per heavy atom. The van der Waals surface area contributed by atoms with Crippen LogP contribution in [0.5, 0.6) is 0 Å². The van der Waals surface area contributed by atoms with Crippen LogP contribution >= 0.6 is 35.3 Å². The predicted octanol–water partition coefficient (Wildman–Crippen LogP) is 4.05. The highest BCUT2D eigenvalue weighted by Gasteiger charge is 2.28. The van der Waals surface area contributed by atoms with Gasteiger partial charge in [-0.15, -0.1) is 23.1 Å². The van der Waals surface area contributed by atoms with Crippen molar-refractivity contribution in [3.8, 4) is 0 Å². The van der Waals surface area contributed by atoms with Gasteiger partial charge in [0.15, 0.2) is 5.11 Å². The number of esters is 1. The van der Waals surface area contributed by atoms with Crippen LogP contribution in [-0.4, -0.2) is 29.9 Å². The lowest BCUT2D eigenvalue weighted by atomic mass is 9.88. The molecule has 0 aliphatic heterocycles. The zero-order valence-electron chi connectivity index (χ0n) is 17.2. The van der Waals surface area contributed by atoms with E-state index in [0.717, 1.165) is 30.4 Å². The fourth-order valence-corrected chi connectivity index (χ4v) is 5.70. The number of benzene rings is 1. The zero-order chi connectivity index (χ0) is 22.4. The SMILES string of the molecule is COC(=O)c1c(NC(=S)NNC(=O)CSCc2ccc(F)cc2)sc2c1CCC(C)C2. The van der Waals surface area contributed by atoms with Crippen LogP contribution in [0.4, 0.5) is 9.39 Å². The van der Waals surface area contributed by atoms with Crippen LogP contribution in [0.25, 0.3) is 0 Å². The molecule has 31 heavy (non-hydrogen) atoms. The molecule has 0 spiro atoms. The summed E-state index contributed by atoms with van der Waals surface area (Å²) in [4.78, 5) is 25.6. The topological polar surface area (TPSA) is 79.5 Å². The molecular weight excluding hydrogens is 457 g/mol. The number of hydrogen-bond acceptors (Lipinski definition) is 6. The fraction of sp³-hybridized carbons (Fsp3) is 0.381. The van der Waals surface area contributed by atoms with Gasteiger partial charge < -0.3 is 10.1 Å². The molecular formula is C21H24FN3O3S3. The first-order chi connectivity index (χ1) is 14.9. The highest BCUT2D eigenvalue weighted by molar-refractivity contribution is 7.99. The maximum absolute atomic E-state index is 12.9. The first-order valence-electron chi connectivity index (χ1n) is 9.78. The van der Waals surface area contributed by atoms with Crippen LogP contribution in [0.2, 0.25) is 0 Å². The summed E-state index contributed by atoms with van der Waals surface area (Å²) in [5.74, 6) is 0.459. The smallest absolute Gasteiger partial charge is 0.341 e. The number of fused-ring (bicyclic) bond motifs is 1. The highest BCUT2D eigenvalue weighted by Crippen LogP contribution is 2.39. The van der Waals surface area contributed by atoms with Crippen molar-refractivity contribution in [1.82, 2.24) is 10.9 Å². The summed E-state index contributed by atoms with van der Waals surface area (Å²) in [6.07, 6.45) is 2.79. The molecule has 166 valence electrons. The number of amides is 1. The minimum absolute atomic E-state index is 0.189. The molecule has 1 aliphatic carbocycles. The molecule has 0 saturated carbocycles. The lowest BCUT2D eigenvalue weighted by Gasteiger charge is -2.18. The van der Waals surface area contributed by atoms with E-state index in [2.05, 4.69) is 23.1 Å². The molecule has 0 bridgehead atoms. The van der Waals surface area contributed by atoms with Crippen molar-refractivity contribution in [3.05, 3.63) is 51.7 Å². The first-order valence-corrected chi connectivity index (χ1v) is 12.2. The minimum Gasteiger partial charge on any atom is -0.465 e. The van der Waals surface area contributed by atoms with E-state index in [-0.39, 0.29) is 22.6 Å². The summed E-state index contributed by atoms with van der Waals surface area (Å²) in [7, 11) is 1.36. The van der Waals surface area contributed by atoms with Crippen molar-refractivity contribution in [2.45, 2.75) is 31.9 Å². The van der Waals surface area contributed by atoms with E-state index in [1.807, 2.05) is 0 Å². The van der Waals surface area contributed by atoms with Crippen molar-refractivity contribution in [1.29, 1.82) is 0 Å². The molecule has 6 nitrogen and oxygen atoms in total. The normalized spacial score (nSPS) is 15.0. The van der Waals surface area contributed by atoms with Gasteiger partial charge in [0, 0.05) is 10.6 Å². The quantitative estimate of drug-likeness (QED) is 0.326. The Morgan fingerprint density at radius 3 is 2.74 bits per heavy atom. The minimum atomic E-state index is -0.390. The number of carbonyl (C=O) groups excluding carboxylic acids is 2. The Labute approximate surface area is 194 Å². The van der Waals surface area contributed by atoms with E-state index >= 15 is 0 Å². The Morgan fingerprint density at radius 2 is 2.03 bits per heavy atom. The van der Waals surface area contributed by atoms with E-state index in [1.54, 1.807) is 12.1 Å². The van der Waals surface area contributed by atoms with Crippen LogP contribution in [0, 0.1) is 11.7 Å². The molecule has 1 aliphatic rings. The zero-order valence-corrected chi connectivity index (χ0v) is 19.7. The summed E-state index contributed by atoms with van der Waals surface area (Å²) in [6.45, 7) is 2.20. The van der Waals surface area contributed by atoms with Gasteiger partial charge in [-0.25, -0.2) is 9.18 Å². The van der Waals surface area contributed by atoms with Crippen LogP contribution in [0.3, 0.4) is 0 Å². The number of anilines is 1. The van der Waals surface area contributed by atoms with Crippen molar-refractivity contribution in [3.63, 3.8) is 0 Å². The lowest BCUT2D eigenvalue weighted by Crippen LogP contribution is -2.44. The third-order valence-corrected chi connectivity index (χ3v) is 7.24. The molecule has 1 aromatic heterocycles. The number of hydrazine groups is 1. The average Bonchev–Trinajstić information content (AvgIpc) is 3.09. The maximum atomic E-state index is 12.9. The monoisotopic (exact) mass is 481 g/mol. The average molecular weight is 482 g/mol. The van der Waals surface area contributed by atoms with Crippen molar-refractivity contribution >= 4 is 57.3 Å². The van der Waals surface area contributed by atoms with Gasteiger partial charge in [-0.2, -0.15) is 0 Å². The number of thiocarbonyl (C=S) groups is 1. The number of thiophene rings is 1. The predicted molar refractivity (Wildman–Crippen MR) is 127 cm³/mol. The Balaban J connectivity index is 1.50. The number of hydrogen-bond donors (Lipinski definition) is 3. The van der Waals surface area contributed by atoms with Crippen molar-refractivity contribution in [2.75, 3.05) is 18.2 Å². The number of rotatable bonds is 6. The molecule has 0 fully saturated rings. The van der Waals surface area contributed by atoms with Crippen molar-refractivity contribution < 1.29 is 18.7 Å². The lowest BCUT2D eigenvalue weighted by molar-refractivity contribution is -0.119. The Hall–Kier alpha value is -2.17. The third kappa shape index (κ3) is 6.41. The molecule has 3 N–H and O–H groups in total. The molecule has 10 heteroatoms. The molecule has 3 rings (SSSR count). The molecule has 1 unspecified atom stereocenters. The van der Waals surface area contributed by atoms with E-state index in [4.69, 9.17) is 17.0 Å². The van der Waals surface area contributed by atoms with Gasteiger partial charge in [-0.05, 0) is 60.7 Å². The third-order valence-electron chi connectivity index (χ3n) is 4.86. The summed E-state index contributed by atoms with van der Waals surface area (Å²) in [6, 6.07) is 6.18. The van der Waals surface area contributed by atoms with Gasteiger partial charge >= 0.3 is 5.97 Å². The first kappa shape index (κ1) is 23.5. The van der Waals surface area contributed by atoms with Gasteiger partial charge in [0.25, 0.3) is 0 Å². The second-order valence-corrected chi connectivity index (χ2v) is 9.79. The molecule has 1 heterocycles. The van der Waals surface area contributed by atoms with Crippen LogP contribution < -0.4 is 16.2 Å². The Bertz CT molecular complexity index is 963. The van der Waals surface area contributed by atoms with Crippen LogP contribution in [0.15, 0.2) is 24.3 Å². The molecule has 1 atom stereocenters. The van der Waals surface area contributed by atoms with Gasteiger partial charge in [0.2, 0.25) is 5.91 Å². The summed E-state index contributed by atoms with van der Waals surface area (Å²) in [5, 5.41) is 3.84.